The van der Waals surface area contributed by atoms with Gasteiger partial charge in [-0.25, -0.2) is 4.79 Å². The van der Waals surface area contributed by atoms with Gasteiger partial charge in [-0.2, -0.15) is 0 Å². The predicted molar refractivity (Wildman–Crippen MR) is 102 cm³/mol. The van der Waals surface area contributed by atoms with Gasteiger partial charge in [-0.15, -0.1) is 0 Å². The highest BCUT2D eigenvalue weighted by molar-refractivity contribution is 6.02. The summed E-state index contributed by atoms with van der Waals surface area (Å²) in [5.41, 5.74) is 3.84. The summed E-state index contributed by atoms with van der Waals surface area (Å²) < 4.78 is 5.09. The lowest BCUT2D eigenvalue weighted by Gasteiger charge is -2.18. The normalized spacial score (nSPS) is 16.5. The number of carbonyl (C=O) groups excluding carboxylic acids is 2. The lowest BCUT2D eigenvalue weighted by molar-refractivity contribution is -0.118. The fourth-order valence-corrected chi connectivity index (χ4v) is 2.96. The van der Waals surface area contributed by atoms with Crippen LogP contribution < -0.4 is 20.3 Å². The van der Waals surface area contributed by atoms with Gasteiger partial charge < -0.3 is 20.3 Å². The highest BCUT2D eigenvalue weighted by atomic mass is 16.5. The lowest BCUT2D eigenvalue weighted by atomic mass is 10.1. The van der Waals surface area contributed by atoms with E-state index in [1.54, 1.807) is 36.3 Å². The van der Waals surface area contributed by atoms with E-state index in [4.69, 9.17) is 4.74 Å². The lowest BCUT2D eigenvalue weighted by Crippen LogP contribution is -2.43. The Hall–Kier alpha value is -3.02. The summed E-state index contributed by atoms with van der Waals surface area (Å²) in [6.45, 7) is 4.66. The van der Waals surface area contributed by atoms with Gasteiger partial charge in [0.25, 0.3) is 0 Å². The molecule has 2 aromatic rings. The number of hydrogen-bond donors (Lipinski definition) is 2. The van der Waals surface area contributed by atoms with Gasteiger partial charge in [0.2, 0.25) is 5.91 Å². The van der Waals surface area contributed by atoms with E-state index in [1.807, 2.05) is 32.0 Å². The standard InChI is InChI=1S/C20H23N3O3/c1-13-4-7-16(12-14(13)2)23-11-10-18(19(23)24)22-20(25)21-15-5-8-17(26-3)9-6-15/h4-9,12,18H,10-11H2,1-3H3,(H2,21,22,25). The smallest absolute Gasteiger partial charge is 0.319 e. The molecule has 0 spiro atoms. The van der Waals surface area contributed by atoms with Gasteiger partial charge >= 0.3 is 6.03 Å². The topological polar surface area (TPSA) is 70.7 Å². The summed E-state index contributed by atoms with van der Waals surface area (Å²) in [4.78, 5) is 26.6. The molecule has 1 aliphatic heterocycles. The molecule has 0 saturated carbocycles. The minimum Gasteiger partial charge on any atom is -0.497 e. The number of amides is 3. The Morgan fingerprint density at radius 2 is 1.85 bits per heavy atom. The number of carbonyl (C=O) groups is 2. The van der Waals surface area contributed by atoms with Crippen LogP contribution in [0.5, 0.6) is 5.75 Å². The Morgan fingerprint density at radius 1 is 1.12 bits per heavy atom. The molecule has 1 fully saturated rings. The Morgan fingerprint density at radius 3 is 2.50 bits per heavy atom. The summed E-state index contributed by atoms with van der Waals surface area (Å²) in [6, 6.07) is 12.1. The average molecular weight is 353 g/mol. The van der Waals surface area contributed by atoms with Crippen LogP contribution in [0.1, 0.15) is 17.5 Å². The van der Waals surface area contributed by atoms with E-state index in [9.17, 15) is 9.59 Å². The van der Waals surface area contributed by atoms with Crippen molar-refractivity contribution in [3.63, 3.8) is 0 Å². The van der Waals surface area contributed by atoms with E-state index in [0.717, 1.165) is 11.3 Å². The second kappa shape index (κ2) is 7.47. The summed E-state index contributed by atoms with van der Waals surface area (Å²) in [5, 5.41) is 5.49. The monoisotopic (exact) mass is 353 g/mol. The van der Waals surface area contributed by atoms with Crippen molar-refractivity contribution in [1.29, 1.82) is 0 Å². The zero-order valence-corrected chi connectivity index (χ0v) is 15.2. The third kappa shape index (κ3) is 3.79. The van der Waals surface area contributed by atoms with Crippen LogP contribution in [-0.4, -0.2) is 31.6 Å². The molecule has 1 aliphatic rings. The van der Waals surface area contributed by atoms with Crippen LogP contribution in [0.2, 0.25) is 0 Å². The Bertz CT molecular complexity index is 818. The van der Waals surface area contributed by atoms with Gasteiger partial charge in [-0.05, 0) is 67.8 Å². The number of hydrogen-bond acceptors (Lipinski definition) is 3. The second-order valence-electron chi connectivity index (χ2n) is 6.43. The van der Waals surface area contributed by atoms with Crippen molar-refractivity contribution in [3.8, 4) is 5.75 Å². The van der Waals surface area contributed by atoms with Gasteiger partial charge in [0.1, 0.15) is 11.8 Å². The van der Waals surface area contributed by atoms with E-state index in [-0.39, 0.29) is 5.91 Å². The zero-order chi connectivity index (χ0) is 18.7. The van der Waals surface area contributed by atoms with E-state index in [1.165, 1.54) is 5.56 Å². The maximum Gasteiger partial charge on any atom is 0.319 e. The number of nitrogens with one attached hydrogen (secondary N) is 2. The Kier molecular flexibility index (Phi) is 5.11. The maximum atomic E-state index is 12.6. The molecule has 3 amide bonds. The van der Waals surface area contributed by atoms with Crippen LogP contribution in [-0.2, 0) is 4.79 Å². The number of urea groups is 1. The van der Waals surface area contributed by atoms with Gasteiger partial charge in [-0.1, -0.05) is 6.07 Å². The van der Waals surface area contributed by atoms with E-state index in [2.05, 4.69) is 10.6 Å². The number of rotatable bonds is 4. The first-order valence-electron chi connectivity index (χ1n) is 8.58. The number of benzene rings is 2. The van der Waals surface area contributed by atoms with Crippen molar-refractivity contribution in [2.24, 2.45) is 0 Å². The molecular weight excluding hydrogens is 330 g/mol. The quantitative estimate of drug-likeness (QED) is 0.886. The molecule has 2 aromatic carbocycles. The molecule has 3 rings (SSSR count). The SMILES string of the molecule is COc1ccc(NC(=O)NC2CCN(c3ccc(C)c(C)c3)C2=O)cc1. The third-order valence-corrected chi connectivity index (χ3v) is 4.66. The van der Waals surface area contributed by atoms with E-state index < -0.39 is 12.1 Å². The summed E-state index contributed by atoms with van der Waals surface area (Å²) in [6.07, 6.45) is 0.585. The predicted octanol–water partition coefficient (Wildman–Crippen LogP) is 3.24. The van der Waals surface area contributed by atoms with Crippen LogP contribution >= 0.6 is 0 Å². The summed E-state index contributed by atoms with van der Waals surface area (Å²) in [7, 11) is 1.59. The van der Waals surface area contributed by atoms with Crippen molar-refractivity contribution in [3.05, 3.63) is 53.6 Å². The molecule has 6 heteroatoms. The van der Waals surface area contributed by atoms with Crippen LogP contribution in [0.3, 0.4) is 0 Å². The Labute approximate surface area is 153 Å². The first-order chi connectivity index (χ1) is 12.5. The van der Waals surface area contributed by atoms with E-state index in [0.29, 0.717) is 24.4 Å². The molecular formula is C20H23N3O3. The number of nitrogens with zero attached hydrogens (tertiary/aromatic N) is 1. The van der Waals surface area contributed by atoms with Crippen LogP contribution in [0.4, 0.5) is 16.2 Å². The van der Waals surface area contributed by atoms with Crippen LogP contribution in [0.25, 0.3) is 0 Å². The molecule has 1 saturated heterocycles. The largest absolute Gasteiger partial charge is 0.497 e. The minimum atomic E-state index is -0.519. The zero-order valence-electron chi connectivity index (χ0n) is 15.2. The van der Waals surface area contributed by atoms with Gasteiger partial charge in [0.05, 0.1) is 7.11 Å². The van der Waals surface area contributed by atoms with E-state index >= 15 is 0 Å². The fraction of sp³-hybridized carbons (Fsp3) is 0.300. The van der Waals surface area contributed by atoms with Crippen molar-refractivity contribution >= 4 is 23.3 Å². The molecule has 1 atom stereocenters. The number of aryl methyl sites for hydroxylation is 2. The van der Waals surface area contributed by atoms with Crippen molar-refractivity contribution in [2.45, 2.75) is 26.3 Å². The van der Waals surface area contributed by atoms with Crippen LogP contribution in [0, 0.1) is 13.8 Å². The Balaban J connectivity index is 1.60. The van der Waals surface area contributed by atoms with Gasteiger partial charge in [0, 0.05) is 17.9 Å². The first kappa shape index (κ1) is 17.8. The van der Waals surface area contributed by atoms with Gasteiger partial charge in [-0.3, -0.25) is 4.79 Å². The first-order valence-corrected chi connectivity index (χ1v) is 8.58. The second-order valence-corrected chi connectivity index (χ2v) is 6.43. The molecule has 0 radical (unpaired) electrons. The molecule has 0 aliphatic carbocycles. The molecule has 1 heterocycles. The number of anilines is 2. The van der Waals surface area contributed by atoms with Crippen molar-refractivity contribution in [1.82, 2.24) is 5.32 Å². The summed E-state index contributed by atoms with van der Waals surface area (Å²) >= 11 is 0. The molecule has 136 valence electrons. The highest BCUT2D eigenvalue weighted by Gasteiger charge is 2.33. The third-order valence-electron chi connectivity index (χ3n) is 4.66. The number of methoxy groups -OCH3 is 1. The summed E-state index contributed by atoms with van der Waals surface area (Å²) in [5.74, 6) is 0.629. The molecule has 6 nitrogen and oxygen atoms in total. The number of ether oxygens (including phenoxy) is 1. The molecule has 0 aromatic heterocycles. The maximum absolute atomic E-state index is 12.6. The van der Waals surface area contributed by atoms with Gasteiger partial charge in [0.15, 0.2) is 0 Å². The fourth-order valence-electron chi connectivity index (χ4n) is 2.96. The highest BCUT2D eigenvalue weighted by Crippen LogP contribution is 2.24. The molecule has 0 bridgehead atoms. The molecule has 2 N–H and O–H groups in total. The average Bonchev–Trinajstić information content (AvgIpc) is 2.98. The van der Waals surface area contributed by atoms with Crippen molar-refractivity contribution < 1.29 is 14.3 Å². The molecule has 1 unspecified atom stereocenters. The van der Waals surface area contributed by atoms with Crippen LogP contribution in [0.15, 0.2) is 42.5 Å². The minimum absolute atomic E-state index is 0.0851. The molecule has 26 heavy (non-hydrogen) atoms. The van der Waals surface area contributed by atoms with Crippen molar-refractivity contribution in [2.75, 3.05) is 23.9 Å².